The Balaban J connectivity index is 1.94. The van der Waals surface area contributed by atoms with E-state index in [1.54, 1.807) is 23.0 Å². The molecule has 0 unspecified atom stereocenters. The van der Waals surface area contributed by atoms with E-state index >= 15 is 0 Å². The molecule has 3 heterocycles. The van der Waals surface area contributed by atoms with Crippen molar-refractivity contribution in [2.75, 3.05) is 0 Å². The molecule has 0 aliphatic carbocycles. The van der Waals surface area contributed by atoms with Crippen LogP contribution in [0.4, 0.5) is 0 Å². The number of pyridine rings is 1. The topological polar surface area (TPSA) is 39.1 Å². The van der Waals surface area contributed by atoms with Gasteiger partial charge in [0.1, 0.15) is 4.70 Å². The molecule has 3 nitrogen and oxygen atoms in total. The van der Waals surface area contributed by atoms with Crippen molar-refractivity contribution >= 4 is 73.9 Å². The third-order valence-electron chi connectivity index (χ3n) is 5.42. The average molecular weight is 399 g/mol. The molecular formula is C23H13NO2S2. The molecule has 28 heavy (non-hydrogen) atoms. The lowest BCUT2D eigenvalue weighted by molar-refractivity contribution is 0.921. The highest BCUT2D eigenvalue weighted by atomic mass is 32.1. The molecule has 0 spiro atoms. The third-order valence-corrected chi connectivity index (χ3v) is 7.71. The van der Waals surface area contributed by atoms with Crippen LogP contribution in [0.2, 0.25) is 0 Å². The maximum atomic E-state index is 13.1. The first-order chi connectivity index (χ1) is 13.6. The van der Waals surface area contributed by atoms with Gasteiger partial charge in [0.05, 0.1) is 5.52 Å². The van der Waals surface area contributed by atoms with Gasteiger partial charge in [-0.2, -0.15) is 0 Å². The number of nitrogens with zero attached hydrogens (tertiary/aromatic N) is 1. The molecule has 0 aliphatic rings. The minimum atomic E-state index is -0.0139. The molecule has 3 aromatic carbocycles. The summed E-state index contributed by atoms with van der Waals surface area (Å²) in [5, 5.41) is 4.51. The van der Waals surface area contributed by atoms with Crippen molar-refractivity contribution in [3.8, 4) is 0 Å². The number of thiophene rings is 1. The second-order valence-electron chi connectivity index (χ2n) is 6.96. The van der Waals surface area contributed by atoms with Gasteiger partial charge in [-0.15, -0.1) is 22.7 Å². The molecule has 0 N–H and O–H groups in total. The van der Waals surface area contributed by atoms with Crippen LogP contribution in [-0.4, -0.2) is 4.57 Å². The van der Waals surface area contributed by atoms with Crippen molar-refractivity contribution in [1.29, 1.82) is 0 Å². The monoisotopic (exact) mass is 399 g/mol. The standard InChI is InChI=1S/C23H13NO2S2/c1-24-16-10-15-19(27-18-9-5-3-7-13(18)21(15)25)11-14(16)20-12-6-2-4-8-17(12)28-22(20)23(24)26/h2-11H,1H3. The van der Waals surface area contributed by atoms with Crippen molar-refractivity contribution in [2.45, 2.75) is 0 Å². The fourth-order valence-corrected chi connectivity index (χ4v) is 6.33. The lowest BCUT2D eigenvalue weighted by Crippen LogP contribution is -2.16. The molecule has 6 rings (SSSR count). The number of rotatable bonds is 0. The Bertz CT molecular complexity index is 1720. The summed E-state index contributed by atoms with van der Waals surface area (Å²) in [4.78, 5) is 26.1. The van der Waals surface area contributed by atoms with Crippen LogP contribution in [0.25, 0.3) is 51.2 Å². The minimum absolute atomic E-state index is 0.0139. The summed E-state index contributed by atoms with van der Waals surface area (Å²) >= 11 is 3.16. The summed E-state index contributed by atoms with van der Waals surface area (Å²) in [6, 6.07) is 19.8. The van der Waals surface area contributed by atoms with Gasteiger partial charge in [0, 0.05) is 48.1 Å². The molecule has 134 valence electrons. The number of fused-ring (bicyclic) bond motifs is 7. The van der Waals surface area contributed by atoms with Crippen molar-refractivity contribution < 1.29 is 0 Å². The van der Waals surface area contributed by atoms with Gasteiger partial charge in [0.15, 0.2) is 5.43 Å². The minimum Gasteiger partial charge on any atom is -0.310 e. The van der Waals surface area contributed by atoms with Crippen molar-refractivity contribution in [1.82, 2.24) is 4.57 Å². The summed E-state index contributed by atoms with van der Waals surface area (Å²) in [5.74, 6) is 0. The summed E-state index contributed by atoms with van der Waals surface area (Å²) in [6.07, 6.45) is 0. The Morgan fingerprint density at radius 2 is 1.39 bits per heavy atom. The van der Waals surface area contributed by atoms with Crippen molar-refractivity contribution in [3.05, 3.63) is 81.2 Å². The molecule has 5 heteroatoms. The van der Waals surface area contributed by atoms with Gasteiger partial charge in [0.25, 0.3) is 5.56 Å². The van der Waals surface area contributed by atoms with Crippen LogP contribution >= 0.6 is 22.7 Å². The van der Waals surface area contributed by atoms with E-state index in [1.807, 2.05) is 42.5 Å². The van der Waals surface area contributed by atoms with E-state index in [9.17, 15) is 9.59 Å². The largest absolute Gasteiger partial charge is 0.310 e. The SMILES string of the molecule is Cn1c(=O)c2sc3ccccc3c2c2cc3sc4ccccc4c(=O)c3cc21. The predicted octanol–water partition coefficient (Wildman–Crippen LogP) is 5.63. The number of aryl methyl sites for hydroxylation is 1. The lowest BCUT2D eigenvalue weighted by atomic mass is 10.1. The average Bonchev–Trinajstić information content (AvgIpc) is 3.11. The predicted molar refractivity (Wildman–Crippen MR) is 121 cm³/mol. The van der Waals surface area contributed by atoms with E-state index < -0.39 is 0 Å². The van der Waals surface area contributed by atoms with Crippen LogP contribution in [0.15, 0.2) is 70.3 Å². The molecule has 0 saturated heterocycles. The zero-order valence-corrected chi connectivity index (χ0v) is 16.5. The molecule has 6 aromatic rings. The van der Waals surface area contributed by atoms with Crippen LogP contribution in [0.1, 0.15) is 0 Å². The highest BCUT2D eigenvalue weighted by Gasteiger charge is 2.16. The van der Waals surface area contributed by atoms with Gasteiger partial charge in [0.2, 0.25) is 0 Å². The van der Waals surface area contributed by atoms with Crippen LogP contribution < -0.4 is 11.0 Å². The zero-order chi connectivity index (χ0) is 19.0. The Kier molecular flexibility index (Phi) is 3.14. The van der Waals surface area contributed by atoms with Gasteiger partial charge in [-0.1, -0.05) is 30.3 Å². The Morgan fingerprint density at radius 3 is 2.18 bits per heavy atom. The fourth-order valence-electron chi connectivity index (χ4n) is 4.04. The van der Waals surface area contributed by atoms with Gasteiger partial charge < -0.3 is 4.57 Å². The fraction of sp³-hybridized carbons (Fsp3) is 0.0435. The number of aromatic nitrogens is 1. The van der Waals surface area contributed by atoms with E-state index in [0.717, 1.165) is 45.9 Å². The zero-order valence-electron chi connectivity index (χ0n) is 14.9. The van der Waals surface area contributed by atoms with E-state index in [2.05, 4.69) is 18.2 Å². The van der Waals surface area contributed by atoms with Crippen molar-refractivity contribution in [3.63, 3.8) is 0 Å². The summed E-state index contributed by atoms with van der Waals surface area (Å²) in [7, 11) is 1.79. The summed E-state index contributed by atoms with van der Waals surface area (Å²) < 4.78 is 5.48. The Labute approximate surface area is 166 Å². The van der Waals surface area contributed by atoms with E-state index in [0.29, 0.717) is 5.39 Å². The second kappa shape index (κ2) is 5.50. The molecule has 3 aromatic heterocycles. The molecule has 0 bridgehead atoms. The van der Waals surface area contributed by atoms with Crippen LogP contribution in [0, 0.1) is 0 Å². The Morgan fingerprint density at radius 1 is 0.714 bits per heavy atom. The van der Waals surface area contributed by atoms with E-state index in [-0.39, 0.29) is 11.0 Å². The molecule has 0 atom stereocenters. The third kappa shape index (κ3) is 1.97. The van der Waals surface area contributed by atoms with Crippen LogP contribution in [-0.2, 0) is 7.05 Å². The normalized spacial score (nSPS) is 12.0. The second-order valence-corrected chi connectivity index (χ2v) is 9.10. The quantitative estimate of drug-likeness (QED) is 0.310. The van der Waals surface area contributed by atoms with Gasteiger partial charge in [-0.3, -0.25) is 9.59 Å². The van der Waals surface area contributed by atoms with Gasteiger partial charge in [-0.25, -0.2) is 0 Å². The highest BCUT2D eigenvalue weighted by molar-refractivity contribution is 7.26. The molecule has 0 aliphatic heterocycles. The number of hydrogen-bond acceptors (Lipinski definition) is 4. The maximum absolute atomic E-state index is 13.1. The molecule has 0 radical (unpaired) electrons. The molecular weight excluding hydrogens is 386 g/mol. The number of benzene rings is 3. The first-order valence-electron chi connectivity index (χ1n) is 8.93. The summed E-state index contributed by atoms with van der Waals surface area (Å²) in [6.45, 7) is 0. The lowest BCUT2D eigenvalue weighted by Gasteiger charge is -2.09. The van der Waals surface area contributed by atoms with Gasteiger partial charge in [-0.05, 0) is 30.3 Å². The molecule has 0 amide bonds. The Hall–Kier alpha value is -3.02. The summed E-state index contributed by atoms with van der Waals surface area (Å²) in [5.41, 5.74) is 0.807. The van der Waals surface area contributed by atoms with Gasteiger partial charge >= 0.3 is 0 Å². The highest BCUT2D eigenvalue weighted by Crippen LogP contribution is 2.38. The maximum Gasteiger partial charge on any atom is 0.268 e. The van der Waals surface area contributed by atoms with E-state index in [1.165, 1.54) is 11.3 Å². The molecule has 0 saturated carbocycles. The van der Waals surface area contributed by atoms with Crippen molar-refractivity contribution in [2.24, 2.45) is 7.05 Å². The van der Waals surface area contributed by atoms with Crippen LogP contribution in [0.5, 0.6) is 0 Å². The number of hydrogen-bond donors (Lipinski definition) is 0. The smallest absolute Gasteiger partial charge is 0.268 e. The molecule has 0 fully saturated rings. The van der Waals surface area contributed by atoms with Crippen LogP contribution in [0.3, 0.4) is 0 Å². The van der Waals surface area contributed by atoms with E-state index in [4.69, 9.17) is 0 Å². The first kappa shape index (κ1) is 16.0. The first-order valence-corrected chi connectivity index (χ1v) is 10.6.